The highest BCUT2D eigenvalue weighted by atomic mass is 32.0. The SMILES string of the molecule is PP.c1ccc2ncccc2c1. The fraction of sp³-hybridized carbons (Fsp3) is 0. The minimum atomic E-state index is 1.06. The van der Waals surface area contributed by atoms with Gasteiger partial charge >= 0.3 is 0 Å². The van der Waals surface area contributed by atoms with Crippen molar-refractivity contribution in [2.75, 3.05) is 0 Å². The van der Waals surface area contributed by atoms with Crippen LogP contribution in [0.3, 0.4) is 0 Å². The van der Waals surface area contributed by atoms with Crippen LogP contribution in [-0.4, -0.2) is 4.98 Å². The molecule has 2 rings (SSSR count). The molecule has 0 bridgehead atoms. The summed E-state index contributed by atoms with van der Waals surface area (Å²) in [6.07, 6.45) is 1.81. The standard InChI is InChI=1S/C9H7N.H4P2/c1-2-6-9-8(4-1)5-3-7-10-9;1-2/h1-7H;1-2H2. The van der Waals surface area contributed by atoms with Crippen molar-refractivity contribution in [1.29, 1.82) is 0 Å². The molecule has 0 aliphatic carbocycles. The van der Waals surface area contributed by atoms with Gasteiger partial charge in [-0.2, -0.15) is 0 Å². The van der Waals surface area contributed by atoms with Crippen LogP contribution in [-0.2, 0) is 0 Å². The molecule has 2 aromatic rings. The van der Waals surface area contributed by atoms with E-state index in [1.807, 2.05) is 30.5 Å². The van der Waals surface area contributed by atoms with Gasteiger partial charge in [-0.1, -0.05) is 24.3 Å². The Kier molecular flexibility index (Phi) is 4.14. The highest BCUT2D eigenvalue weighted by Crippen LogP contribution is 2.07. The molecule has 0 radical (unpaired) electrons. The molecular weight excluding hydrogens is 184 g/mol. The van der Waals surface area contributed by atoms with Crippen LogP contribution >= 0.6 is 17.9 Å². The van der Waals surface area contributed by atoms with Crippen LogP contribution in [0.4, 0.5) is 0 Å². The first-order valence-corrected chi connectivity index (χ1v) is 6.26. The quantitative estimate of drug-likeness (QED) is 0.589. The summed E-state index contributed by atoms with van der Waals surface area (Å²) in [4.78, 5) is 4.18. The number of nitrogens with zero attached hydrogens (tertiary/aromatic N) is 1. The Morgan fingerprint density at radius 3 is 2.33 bits per heavy atom. The Hall–Kier alpha value is -0.510. The summed E-state index contributed by atoms with van der Waals surface area (Å²) in [6, 6.07) is 12.1. The van der Waals surface area contributed by atoms with Crippen molar-refractivity contribution < 1.29 is 0 Å². The Balaban J connectivity index is 0.000000336. The van der Waals surface area contributed by atoms with Crippen molar-refractivity contribution in [3.63, 3.8) is 0 Å². The zero-order valence-electron chi connectivity index (χ0n) is 6.64. The fourth-order valence-electron chi connectivity index (χ4n) is 1.02. The largest absolute Gasteiger partial charge is 0.256 e. The molecule has 0 fully saturated rings. The van der Waals surface area contributed by atoms with Crippen LogP contribution in [0.15, 0.2) is 42.6 Å². The summed E-state index contributed by atoms with van der Waals surface area (Å²) in [7, 11) is 4.67. The van der Waals surface area contributed by atoms with E-state index in [0.717, 1.165) is 5.52 Å². The van der Waals surface area contributed by atoms with Crippen LogP contribution < -0.4 is 0 Å². The average Bonchev–Trinajstić information content (AvgIpc) is 2.21. The third-order valence-corrected chi connectivity index (χ3v) is 1.51. The number of hydrogen-bond acceptors (Lipinski definition) is 1. The Morgan fingerprint density at radius 1 is 0.917 bits per heavy atom. The van der Waals surface area contributed by atoms with Crippen molar-refractivity contribution in [3.05, 3.63) is 42.6 Å². The van der Waals surface area contributed by atoms with Gasteiger partial charge < -0.3 is 0 Å². The molecule has 0 saturated heterocycles. The lowest BCUT2D eigenvalue weighted by atomic mass is 10.2. The minimum absolute atomic E-state index is 1.06. The Morgan fingerprint density at radius 2 is 1.58 bits per heavy atom. The van der Waals surface area contributed by atoms with Crippen LogP contribution in [0, 0.1) is 0 Å². The molecule has 0 spiro atoms. The molecule has 2 unspecified atom stereocenters. The van der Waals surface area contributed by atoms with Crippen molar-refractivity contribution in [1.82, 2.24) is 4.98 Å². The van der Waals surface area contributed by atoms with E-state index in [2.05, 4.69) is 35.0 Å². The van der Waals surface area contributed by atoms with Gasteiger partial charge in [0.25, 0.3) is 0 Å². The topological polar surface area (TPSA) is 12.9 Å². The highest BCUT2D eigenvalue weighted by Gasteiger charge is 1.86. The third kappa shape index (κ3) is 2.24. The summed E-state index contributed by atoms with van der Waals surface area (Å²) >= 11 is 0. The van der Waals surface area contributed by atoms with Crippen LogP contribution in [0.2, 0.25) is 0 Å². The monoisotopic (exact) mass is 195 g/mol. The molecule has 12 heavy (non-hydrogen) atoms. The number of fused-ring (bicyclic) bond motifs is 1. The van der Waals surface area contributed by atoms with Gasteiger partial charge in [0, 0.05) is 11.6 Å². The van der Waals surface area contributed by atoms with Gasteiger partial charge in [0.15, 0.2) is 0 Å². The number of para-hydroxylation sites is 1. The van der Waals surface area contributed by atoms with Gasteiger partial charge in [-0.3, -0.25) is 4.98 Å². The summed E-state index contributed by atoms with van der Waals surface area (Å²) < 4.78 is 0. The lowest BCUT2D eigenvalue weighted by molar-refractivity contribution is 1.41. The van der Waals surface area contributed by atoms with Crippen molar-refractivity contribution in [2.24, 2.45) is 0 Å². The molecular formula is C9H11NP2. The van der Waals surface area contributed by atoms with Gasteiger partial charge in [0.05, 0.1) is 5.52 Å². The Labute approximate surface area is 76.9 Å². The van der Waals surface area contributed by atoms with Gasteiger partial charge in [0.1, 0.15) is 0 Å². The van der Waals surface area contributed by atoms with Gasteiger partial charge in [-0.05, 0) is 12.1 Å². The molecule has 1 aromatic carbocycles. The lowest BCUT2D eigenvalue weighted by Gasteiger charge is -1.91. The van der Waals surface area contributed by atoms with E-state index in [9.17, 15) is 0 Å². The summed E-state index contributed by atoms with van der Waals surface area (Å²) in [5.74, 6) is 0. The molecule has 1 heterocycles. The van der Waals surface area contributed by atoms with Gasteiger partial charge in [0.2, 0.25) is 0 Å². The zero-order valence-corrected chi connectivity index (χ0v) is 8.95. The summed E-state index contributed by atoms with van der Waals surface area (Å²) in [6.45, 7) is 0. The molecule has 0 amide bonds. The van der Waals surface area contributed by atoms with Crippen LogP contribution in [0.5, 0.6) is 0 Å². The molecule has 3 heteroatoms. The maximum Gasteiger partial charge on any atom is 0.0701 e. The van der Waals surface area contributed by atoms with E-state index in [1.165, 1.54) is 5.39 Å². The van der Waals surface area contributed by atoms with E-state index in [0.29, 0.717) is 0 Å². The van der Waals surface area contributed by atoms with Gasteiger partial charge in [-0.25, -0.2) is 0 Å². The van der Waals surface area contributed by atoms with Crippen LogP contribution in [0.1, 0.15) is 0 Å². The maximum atomic E-state index is 4.18. The predicted molar refractivity (Wildman–Crippen MR) is 61.2 cm³/mol. The first-order valence-electron chi connectivity index (χ1n) is 3.60. The maximum absolute atomic E-state index is 4.18. The second-order valence-electron chi connectivity index (χ2n) is 2.20. The van der Waals surface area contributed by atoms with E-state index >= 15 is 0 Å². The molecule has 0 aliphatic rings. The second-order valence-corrected chi connectivity index (χ2v) is 2.20. The molecule has 0 N–H and O–H groups in total. The summed E-state index contributed by atoms with van der Waals surface area (Å²) in [5.41, 5.74) is 1.06. The van der Waals surface area contributed by atoms with E-state index in [1.54, 1.807) is 0 Å². The third-order valence-electron chi connectivity index (χ3n) is 1.51. The summed E-state index contributed by atoms with van der Waals surface area (Å²) in [5, 5.41) is 1.20. The van der Waals surface area contributed by atoms with Crippen molar-refractivity contribution in [2.45, 2.75) is 0 Å². The van der Waals surface area contributed by atoms with Gasteiger partial charge in [-0.15, -0.1) is 17.9 Å². The number of hydrogen-bond donors (Lipinski definition) is 0. The highest BCUT2D eigenvalue weighted by molar-refractivity contribution is 7.92. The number of pyridine rings is 1. The minimum Gasteiger partial charge on any atom is -0.256 e. The number of benzene rings is 1. The number of aromatic nitrogens is 1. The first-order chi connectivity index (χ1) is 5.97. The van der Waals surface area contributed by atoms with Crippen molar-refractivity contribution >= 4 is 28.8 Å². The first kappa shape index (κ1) is 9.58. The predicted octanol–water partition coefficient (Wildman–Crippen LogP) is 2.89. The van der Waals surface area contributed by atoms with E-state index < -0.39 is 0 Å². The molecule has 1 nitrogen and oxygen atoms in total. The van der Waals surface area contributed by atoms with Crippen molar-refractivity contribution in [3.8, 4) is 0 Å². The lowest BCUT2D eigenvalue weighted by Crippen LogP contribution is -1.73. The molecule has 1 aromatic heterocycles. The molecule has 0 saturated carbocycles. The van der Waals surface area contributed by atoms with E-state index in [4.69, 9.17) is 0 Å². The zero-order chi connectivity index (χ0) is 8.81. The molecule has 62 valence electrons. The number of rotatable bonds is 0. The smallest absolute Gasteiger partial charge is 0.0701 e. The second kappa shape index (κ2) is 5.19. The van der Waals surface area contributed by atoms with E-state index in [-0.39, 0.29) is 0 Å². The fourth-order valence-corrected chi connectivity index (χ4v) is 1.02. The molecule has 2 atom stereocenters. The Bertz CT molecular complexity index is 284. The average molecular weight is 195 g/mol. The molecule has 0 aliphatic heterocycles. The van der Waals surface area contributed by atoms with Crippen LogP contribution in [0.25, 0.3) is 10.9 Å². The normalized spacial score (nSPS) is 8.83.